The summed E-state index contributed by atoms with van der Waals surface area (Å²) in [6, 6.07) is 10.8. The Balaban J connectivity index is 1.54. The Morgan fingerprint density at radius 2 is 2.03 bits per heavy atom. The first kappa shape index (κ1) is 20.0. The van der Waals surface area contributed by atoms with Gasteiger partial charge in [0.2, 0.25) is 0 Å². The molecule has 0 saturated carbocycles. The van der Waals surface area contributed by atoms with Crippen molar-refractivity contribution in [3.63, 3.8) is 0 Å². The monoisotopic (exact) mass is 443 g/mol. The third-order valence-corrected chi connectivity index (χ3v) is 5.34. The minimum absolute atomic E-state index is 0.118. The molecule has 0 bridgehead atoms. The first-order chi connectivity index (χ1) is 15.3. The topological polar surface area (TPSA) is 92.8 Å². The number of benzene rings is 1. The first-order valence-corrected chi connectivity index (χ1v) is 9.74. The number of likely N-dealkylation sites (tertiary alicyclic amines) is 1. The van der Waals surface area contributed by atoms with Crippen LogP contribution in [0.15, 0.2) is 48.7 Å². The van der Waals surface area contributed by atoms with Crippen LogP contribution in [0.4, 0.5) is 18.0 Å². The fourth-order valence-corrected chi connectivity index (χ4v) is 3.78. The molecule has 11 heteroatoms. The van der Waals surface area contributed by atoms with Crippen molar-refractivity contribution in [3.8, 4) is 17.3 Å². The number of amides is 1. The summed E-state index contributed by atoms with van der Waals surface area (Å²) in [5.41, 5.74) is 1.19. The number of ether oxygens (including phenoxy) is 1. The van der Waals surface area contributed by atoms with Crippen molar-refractivity contribution in [1.82, 2.24) is 24.5 Å². The van der Waals surface area contributed by atoms with E-state index in [-0.39, 0.29) is 24.2 Å². The number of pyridine rings is 2. The molecule has 3 aromatic heterocycles. The van der Waals surface area contributed by atoms with E-state index in [1.807, 2.05) is 6.07 Å². The van der Waals surface area contributed by atoms with E-state index in [2.05, 4.69) is 15.2 Å². The van der Waals surface area contributed by atoms with Crippen molar-refractivity contribution in [2.45, 2.75) is 18.4 Å². The maximum atomic E-state index is 14.6. The second kappa shape index (κ2) is 7.36. The number of halogens is 3. The third kappa shape index (κ3) is 3.45. The quantitative estimate of drug-likeness (QED) is 0.517. The smallest absolute Gasteiger partial charge is 0.407 e. The summed E-state index contributed by atoms with van der Waals surface area (Å²) in [7, 11) is 0. The van der Waals surface area contributed by atoms with E-state index in [1.54, 1.807) is 34.9 Å². The maximum Gasteiger partial charge on any atom is 0.407 e. The van der Waals surface area contributed by atoms with Gasteiger partial charge in [0.25, 0.3) is 0 Å². The number of nitrogens with zero attached hydrogens (tertiary/aromatic N) is 5. The van der Waals surface area contributed by atoms with E-state index in [0.29, 0.717) is 27.5 Å². The average Bonchev–Trinajstić information content (AvgIpc) is 3.18. The molecule has 4 aromatic rings. The van der Waals surface area contributed by atoms with Crippen LogP contribution in [0, 0.1) is 5.82 Å². The molecule has 1 aliphatic heterocycles. The molecule has 1 fully saturated rings. The zero-order valence-electron chi connectivity index (χ0n) is 16.5. The molecular formula is C21H16F3N5O3. The predicted octanol–water partition coefficient (Wildman–Crippen LogP) is 3.85. The molecule has 1 aromatic carbocycles. The number of carboxylic acid groups (broad SMARTS) is 1. The lowest BCUT2D eigenvalue weighted by atomic mass is 10.0. The summed E-state index contributed by atoms with van der Waals surface area (Å²) in [5.74, 6) is -3.83. The summed E-state index contributed by atoms with van der Waals surface area (Å²) in [4.78, 5) is 16.2. The molecule has 0 radical (unpaired) electrons. The van der Waals surface area contributed by atoms with Gasteiger partial charge in [-0.25, -0.2) is 22.9 Å². The van der Waals surface area contributed by atoms with Gasteiger partial charge in [-0.05, 0) is 24.3 Å². The lowest BCUT2D eigenvalue weighted by Crippen LogP contribution is -2.55. The number of carbonyl (C=O) groups is 1. The highest BCUT2D eigenvalue weighted by Crippen LogP contribution is 2.35. The van der Waals surface area contributed by atoms with Crippen LogP contribution in [0.1, 0.15) is 6.42 Å². The Morgan fingerprint density at radius 1 is 1.19 bits per heavy atom. The fourth-order valence-electron chi connectivity index (χ4n) is 3.78. The second-order valence-electron chi connectivity index (χ2n) is 7.48. The van der Waals surface area contributed by atoms with Gasteiger partial charge in [-0.3, -0.25) is 4.40 Å². The van der Waals surface area contributed by atoms with Gasteiger partial charge >= 0.3 is 12.0 Å². The Morgan fingerprint density at radius 3 is 2.81 bits per heavy atom. The highest BCUT2D eigenvalue weighted by molar-refractivity contribution is 5.86. The van der Waals surface area contributed by atoms with Crippen molar-refractivity contribution in [1.29, 1.82) is 0 Å². The summed E-state index contributed by atoms with van der Waals surface area (Å²) in [5, 5.41) is 17.6. The van der Waals surface area contributed by atoms with Crippen molar-refractivity contribution in [2.24, 2.45) is 0 Å². The van der Waals surface area contributed by atoms with E-state index < -0.39 is 30.5 Å². The van der Waals surface area contributed by atoms with Gasteiger partial charge in [0.1, 0.15) is 22.8 Å². The normalized spacial score (nSPS) is 18.2. The van der Waals surface area contributed by atoms with Crippen molar-refractivity contribution >= 4 is 22.6 Å². The summed E-state index contributed by atoms with van der Waals surface area (Å²) < 4.78 is 50.6. The van der Waals surface area contributed by atoms with Crippen molar-refractivity contribution in [2.75, 3.05) is 13.1 Å². The van der Waals surface area contributed by atoms with Crippen LogP contribution in [0.2, 0.25) is 0 Å². The second-order valence-corrected chi connectivity index (χ2v) is 7.48. The van der Waals surface area contributed by atoms with Gasteiger partial charge in [0.05, 0.1) is 6.54 Å². The van der Waals surface area contributed by atoms with E-state index >= 15 is 0 Å². The molecule has 8 nitrogen and oxygen atoms in total. The van der Waals surface area contributed by atoms with Crippen LogP contribution in [0.5, 0.6) is 5.75 Å². The maximum absolute atomic E-state index is 14.6. The van der Waals surface area contributed by atoms with Crippen LogP contribution in [-0.4, -0.2) is 60.8 Å². The molecule has 164 valence electrons. The lowest BCUT2D eigenvalue weighted by Gasteiger charge is -2.36. The van der Waals surface area contributed by atoms with E-state index in [1.165, 1.54) is 6.07 Å². The summed E-state index contributed by atoms with van der Waals surface area (Å²) >= 11 is 0. The SMILES string of the molecule is O=C(O)N1CCC(Oc2cc(F)cc3ccc(-c4nnc5ccccn45)nc23)C(F)(F)C1. The molecule has 1 N–H and O–H groups in total. The number of alkyl halides is 2. The molecule has 32 heavy (non-hydrogen) atoms. The standard InChI is InChI=1S/C21H16F3N5O3/c22-13-9-12-4-5-14(19-27-26-17-3-1-2-7-29(17)19)25-18(12)15(10-13)32-16-6-8-28(20(30)31)11-21(16,23)24/h1-5,7,9-10,16H,6,8,11H2,(H,30,31). The Labute approximate surface area is 178 Å². The van der Waals surface area contributed by atoms with Crippen LogP contribution in [0.25, 0.3) is 28.1 Å². The number of piperidine rings is 1. The van der Waals surface area contributed by atoms with Crippen LogP contribution < -0.4 is 4.74 Å². The highest BCUT2D eigenvalue weighted by atomic mass is 19.3. The predicted molar refractivity (Wildman–Crippen MR) is 107 cm³/mol. The zero-order chi connectivity index (χ0) is 22.5. The molecular weight excluding hydrogens is 427 g/mol. The summed E-state index contributed by atoms with van der Waals surface area (Å²) in [6.07, 6.45) is -1.53. The number of fused-ring (bicyclic) bond motifs is 2. The molecule has 1 unspecified atom stereocenters. The Kier molecular flexibility index (Phi) is 4.61. The number of hydrogen-bond acceptors (Lipinski definition) is 5. The molecule has 0 spiro atoms. The van der Waals surface area contributed by atoms with Gasteiger partial charge in [-0.15, -0.1) is 10.2 Å². The molecule has 5 rings (SSSR count). The lowest BCUT2D eigenvalue weighted by molar-refractivity contribution is -0.133. The number of aromatic nitrogens is 4. The van der Waals surface area contributed by atoms with E-state index in [4.69, 9.17) is 9.84 Å². The van der Waals surface area contributed by atoms with Crippen LogP contribution in [0.3, 0.4) is 0 Å². The largest absolute Gasteiger partial charge is 0.482 e. The molecule has 4 heterocycles. The zero-order valence-corrected chi connectivity index (χ0v) is 16.5. The fraction of sp³-hybridized carbons (Fsp3) is 0.238. The van der Waals surface area contributed by atoms with Gasteiger partial charge in [0, 0.05) is 30.6 Å². The number of rotatable bonds is 3. The first-order valence-electron chi connectivity index (χ1n) is 9.74. The van der Waals surface area contributed by atoms with Crippen LogP contribution in [-0.2, 0) is 0 Å². The average molecular weight is 443 g/mol. The third-order valence-electron chi connectivity index (χ3n) is 5.34. The molecule has 1 amide bonds. The molecule has 1 saturated heterocycles. The van der Waals surface area contributed by atoms with Crippen molar-refractivity contribution < 1.29 is 27.8 Å². The highest BCUT2D eigenvalue weighted by Gasteiger charge is 2.48. The number of hydrogen-bond donors (Lipinski definition) is 1. The molecule has 0 aliphatic carbocycles. The van der Waals surface area contributed by atoms with Gasteiger partial charge in [-0.1, -0.05) is 12.1 Å². The van der Waals surface area contributed by atoms with E-state index in [0.717, 1.165) is 6.07 Å². The van der Waals surface area contributed by atoms with E-state index in [9.17, 15) is 18.0 Å². The minimum Gasteiger partial charge on any atom is -0.482 e. The van der Waals surface area contributed by atoms with Gasteiger partial charge in [0.15, 0.2) is 17.6 Å². The summed E-state index contributed by atoms with van der Waals surface area (Å²) in [6.45, 7) is -1.11. The van der Waals surface area contributed by atoms with Gasteiger partial charge < -0.3 is 14.7 Å². The Hall–Kier alpha value is -3.89. The van der Waals surface area contributed by atoms with Gasteiger partial charge in [-0.2, -0.15) is 0 Å². The van der Waals surface area contributed by atoms with Crippen LogP contribution >= 0.6 is 0 Å². The minimum atomic E-state index is -3.45. The Bertz CT molecular complexity index is 1340. The molecule has 1 atom stereocenters. The molecule has 1 aliphatic rings. The van der Waals surface area contributed by atoms with Crippen molar-refractivity contribution in [3.05, 3.63) is 54.5 Å².